The first-order valence-corrected chi connectivity index (χ1v) is 5.10. The van der Waals surface area contributed by atoms with Crippen LogP contribution in [0.4, 0.5) is 5.95 Å². The van der Waals surface area contributed by atoms with Crippen LogP contribution in [0.15, 0.2) is 24.4 Å². The van der Waals surface area contributed by atoms with E-state index >= 15 is 0 Å². The first-order chi connectivity index (χ1) is 8.74. The van der Waals surface area contributed by atoms with E-state index in [0.29, 0.717) is 22.1 Å². The van der Waals surface area contributed by atoms with Crippen molar-refractivity contribution in [2.24, 2.45) is 0 Å². The molecule has 3 rings (SSSR count). The predicted molar refractivity (Wildman–Crippen MR) is 64.4 cm³/mol. The van der Waals surface area contributed by atoms with Gasteiger partial charge in [0, 0.05) is 0 Å². The number of para-hydroxylation sites is 1. The van der Waals surface area contributed by atoms with Crippen LogP contribution >= 0.6 is 0 Å². The molecule has 1 aromatic carbocycles. The van der Waals surface area contributed by atoms with Gasteiger partial charge in [-0.25, -0.2) is 4.98 Å². The standard InChI is InChI=1S/C12H6N5O.Na/c13-4-8-5-17-11(15-8)9-3-1-2-7(6-18)10(9)16-12(17)14;/h1-3,5H,(H2,14,16);/q-1;+1. The number of hydrogen-bond donors (Lipinski definition) is 1. The van der Waals surface area contributed by atoms with E-state index in [2.05, 4.69) is 9.97 Å². The fourth-order valence-corrected chi connectivity index (χ4v) is 1.89. The van der Waals surface area contributed by atoms with Gasteiger partial charge in [-0.15, -0.1) is 11.6 Å². The van der Waals surface area contributed by atoms with Crippen molar-refractivity contribution in [3.05, 3.63) is 35.7 Å². The summed E-state index contributed by atoms with van der Waals surface area (Å²) >= 11 is 0. The van der Waals surface area contributed by atoms with Crippen molar-refractivity contribution in [1.29, 1.82) is 5.26 Å². The van der Waals surface area contributed by atoms with Crippen molar-refractivity contribution in [3.8, 4) is 6.07 Å². The zero-order valence-corrected chi connectivity index (χ0v) is 12.1. The molecule has 2 heterocycles. The topological polar surface area (TPSA) is 97.1 Å². The molecule has 19 heavy (non-hydrogen) atoms. The fraction of sp³-hybridized carbons (Fsp3) is 0. The van der Waals surface area contributed by atoms with Crippen LogP contribution in [0.5, 0.6) is 0 Å². The number of anilines is 1. The number of nitriles is 1. The molecule has 0 fully saturated rings. The summed E-state index contributed by atoms with van der Waals surface area (Å²) < 4.78 is 1.52. The molecule has 0 aliphatic rings. The van der Waals surface area contributed by atoms with Crippen LogP contribution < -0.4 is 35.3 Å². The third-order valence-electron chi connectivity index (χ3n) is 2.68. The minimum Gasteiger partial charge on any atom is -0.376 e. The van der Waals surface area contributed by atoms with Gasteiger partial charge in [-0.1, -0.05) is 6.07 Å². The van der Waals surface area contributed by atoms with Gasteiger partial charge < -0.3 is 10.5 Å². The van der Waals surface area contributed by atoms with Crippen LogP contribution in [0, 0.1) is 11.3 Å². The van der Waals surface area contributed by atoms with E-state index in [1.165, 1.54) is 10.6 Å². The van der Waals surface area contributed by atoms with Gasteiger partial charge in [-0.2, -0.15) is 11.3 Å². The Bertz CT molecular complexity index is 833. The summed E-state index contributed by atoms with van der Waals surface area (Å²) in [6.45, 7) is 0. The molecule has 0 saturated carbocycles. The Kier molecular flexibility index (Phi) is 3.53. The van der Waals surface area contributed by atoms with Crippen molar-refractivity contribution in [2.75, 3.05) is 5.73 Å². The van der Waals surface area contributed by atoms with Crippen LogP contribution in [-0.4, -0.2) is 20.7 Å². The zero-order chi connectivity index (χ0) is 12.7. The second-order valence-corrected chi connectivity index (χ2v) is 3.71. The number of fused-ring (bicyclic) bond motifs is 3. The van der Waals surface area contributed by atoms with Crippen molar-refractivity contribution in [1.82, 2.24) is 14.4 Å². The summed E-state index contributed by atoms with van der Waals surface area (Å²) in [7, 11) is 0. The molecule has 2 aromatic heterocycles. The number of nitrogens with two attached hydrogens (primary N) is 1. The Balaban J connectivity index is 0.00000133. The van der Waals surface area contributed by atoms with Crippen molar-refractivity contribution < 1.29 is 34.4 Å². The summed E-state index contributed by atoms with van der Waals surface area (Å²) in [5.41, 5.74) is 7.30. The first kappa shape index (κ1) is 13.5. The molecular weight excluding hydrogens is 253 g/mol. The Morgan fingerprint density at radius 1 is 1.37 bits per heavy atom. The fourth-order valence-electron chi connectivity index (χ4n) is 1.89. The van der Waals surface area contributed by atoms with Crippen LogP contribution in [-0.2, 0) is 4.79 Å². The average molecular weight is 259 g/mol. The van der Waals surface area contributed by atoms with Gasteiger partial charge in [0.25, 0.3) is 0 Å². The maximum absolute atomic E-state index is 10.8. The Morgan fingerprint density at radius 2 is 2.16 bits per heavy atom. The Hall–Kier alpha value is -1.94. The number of carbonyl (C=O) groups excluding carboxylic acids is 1. The minimum absolute atomic E-state index is 0. The van der Waals surface area contributed by atoms with Crippen molar-refractivity contribution in [2.45, 2.75) is 0 Å². The third-order valence-corrected chi connectivity index (χ3v) is 2.68. The van der Waals surface area contributed by atoms with Crippen LogP contribution in [0.3, 0.4) is 0 Å². The summed E-state index contributed by atoms with van der Waals surface area (Å²) in [6, 6.07) is 7.03. The predicted octanol–water partition coefficient (Wildman–Crippen LogP) is -2.20. The molecule has 7 heteroatoms. The number of rotatable bonds is 1. The normalized spacial score (nSPS) is 10.1. The summed E-state index contributed by atoms with van der Waals surface area (Å²) in [5, 5.41) is 9.51. The molecule has 86 valence electrons. The Labute approximate surface area is 130 Å². The van der Waals surface area contributed by atoms with E-state index < -0.39 is 0 Å². The molecule has 0 bridgehead atoms. The molecule has 0 amide bonds. The molecule has 0 spiro atoms. The molecule has 0 saturated heterocycles. The SMILES string of the molecule is N#Cc1cn2c(N)nc3c([C-]=O)cccc3c2n1.[Na+]. The van der Waals surface area contributed by atoms with E-state index in [1.54, 1.807) is 18.2 Å². The van der Waals surface area contributed by atoms with E-state index in [9.17, 15) is 4.79 Å². The van der Waals surface area contributed by atoms with Gasteiger partial charge in [0.2, 0.25) is 0 Å². The minimum atomic E-state index is 0. The van der Waals surface area contributed by atoms with Crippen molar-refractivity contribution in [3.63, 3.8) is 0 Å². The number of nitrogens with zero attached hydrogens (tertiary/aromatic N) is 4. The first-order valence-electron chi connectivity index (χ1n) is 5.10. The molecule has 0 radical (unpaired) electrons. The van der Waals surface area contributed by atoms with E-state index in [-0.39, 0.29) is 41.2 Å². The number of benzene rings is 1. The molecule has 0 atom stereocenters. The molecule has 0 unspecified atom stereocenters. The van der Waals surface area contributed by atoms with Crippen LogP contribution in [0.25, 0.3) is 16.6 Å². The second-order valence-electron chi connectivity index (χ2n) is 3.71. The zero-order valence-electron chi connectivity index (χ0n) is 10.1. The second kappa shape index (κ2) is 4.97. The molecular formula is C12H6N5NaO. The number of hydrogen-bond acceptors (Lipinski definition) is 5. The number of aromatic nitrogens is 3. The largest absolute Gasteiger partial charge is 1.00 e. The summed E-state index contributed by atoms with van der Waals surface area (Å²) in [5.74, 6) is 0.175. The van der Waals surface area contributed by atoms with Gasteiger partial charge in [0.1, 0.15) is 11.7 Å². The molecule has 3 aromatic rings. The van der Waals surface area contributed by atoms with Gasteiger partial charge in [-0.3, -0.25) is 9.38 Å². The van der Waals surface area contributed by atoms with Gasteiger partial charge in [0.15, 0.2) is 11.6 Å². The van der Waals surface area contributed by atoms with Crippen LogP contribution in [0.1, 0.15) is 11.3 Å². The number of imidazole rings is 1. The molecule has 0 aliphatic carbocycles. The monoisotopic (exact) mass is 259 g/mol. The van der Waals surface area contributed by atoms with Crippen molar-refractivity contribution >= 4 is 28.8 Å². The molecule has 6 nitrogen and oxygen atoms in total. The third kappa shape index (κ3) is 1.98. The summed E-state index contributed by atoms with van der Waals surface area (Å²) in [4.78, 5) is 19.1. The number of nitrogen functional groups attached to an aromatic ring is 1. The van der Waals surface area contributed by atoms with Crippen LogP contribution in [0.2, 0.25) is 0 Å². The quantitative estimate of drug-likeness (QED) is 0.395. The summed E-state index contributed by atoms with van der Waals surface area (Å²) in [6.07, 6.45) is 3.32. The van der Waals surface area contributed by atoms with Gasteiger partial charge in [-0.05, 0) is 10.9 Å². The molecule has 0 aliphatic heterocycles. The molecule has 2 N–H and O–H groups in total. The van der Waals surface area contributed by atoms with Gasteiger partial charge in [0.05, 0.1) is 12.5 Å². The Morgan fingerprint density at radius 3 is 2.84 bits per heavy atom. The smallest absolute Gasteiger partial charge is 0.376 e. The maximum atomic E-state index is 10.8. The maximum Gasteiger partial charge on any atom is 1.00 e. The van der Waals surface area contributed by atoms with E-state index in [1.807, 2.05) is 12.4 Å². The van der Waals surface area contributed by atoms with Gasteiger partial charge >= 0.3 is 29.6 Å². The average Bonchev–Trinajstić information content (AvgIpc) is 2.83. The van der Waals surface area contributed by atoms with E-state index in [0.717, 1.165) is 0 Å². The van der Waals surface area contributed by atoms with E-state index in [4.69, 9.17) is 11.0 Å².